The summed E-state index contributed by atoms with van der Waals surface area (Å²) in [5.74, 6) is 0.445. The summed E-state index contributed by atoms with van der Waals surface area (Å²) in [5.41, 5.74) is 5.19. The van der Waals surface area contributed by atoms with Gasteiger partial charge in [-0.3, -0.25) is 0 Å². The second-order valence-electron chi connectivity index (χ2n) is 6.26. The van der Waals surface area contributed by atoms with E-state index in [1.54, 1.807) is 4.90 Å². The summed E-state index contributed by atoms with van der Waals surface area (Å²) in [7, 11) is 0. The number of fused-ring (bicyclic) bond motifs is 1. The molecule has 0 saturated carbocycles. The van der Waals surface area contributed by atoms with Gasteiger partial charge >= 0.3 is 6.09 Å². The van der Waals surface area contributed by atoms with Gasteiger partial charge in [-0.25, -0.2) is 4.79 Å². The Morgan fingerprint density at radius 2 is 2.05 bits per heavy atom. The summed E-state index contributed by atoms with van der Waals surface area (Å²) in [6.45, 7) is 7.60. The van der Waals surface area contributed by atoms with Gasteiger partial charge in [-0.2, -0.15) is 0 Å². The zero-order valence-corrected chi connectivity index (χ0v) is 12.7. The third kappa shape index (κ3) is 4.23. The van der Waals surface area contributed by atoms with Gasteiger partial charge < -0.3 is 20.1 Å². The Labute approximate surface area is 121 Å². The zero-order chi connectivity index (χ0) is 13.3. The van der Waals surface area contributed by atoms with Crippen molar-refractivity contribution in [1.82, 2.24) is 4.90 Å². The number of hydrogen-bond acceptors (Lipinski definition) is 4. The van der Waals surface area contributed by atoms with Crippen LogP contribution in [0.3, 0.4) is 0 Å². The lowest BCUT2D eigenvalue weighted by molar-refractivity contribution is -0.0584. The molecule has 2 heterocycles. The Balaban J connectivity index is 0.00000180. The lowest BCUT2D eigenvalue weighted by Gasteiger charge is -2.30. The van der Waals surface area contributed by atoms with Crippen molar-refractivity contribution in [3.63, 3.8) is 0 Å². The summed E-state index contributed by atoms with van der Waals surface area (Å²) in [5, 5.41) is 0. The molecule has 0 bridgehead atoms. The summed E-state index contributed by atoms with van der Waals surface area (Å²) in [4.78, 5) is 13.7. The van der Waals surface area contributed by atoms with E-state index in [1.807, 2.05) is 20.8 Å². The highest BCUT2D eigenvalue weighted by Gasteiger charge is 2.41. The predicted octanol–water partition coefficient (Wildman–Crippen LogP) is 1.78. The van der Waals surface area contributed by atoms with Crippen molar-refractivity contribution in [2.24, 2.45) is 11.7 Å². The molecule has 0 aromatic carbocycles. The maximum Gasteiger partial charge on any atom is 0.410 e. The van der Waals surface area contributed by atoms with Gasteiger partial charge in [0, 0.05) is 19.0 Å². The van der Waals surface area contributed by atoms with Crippen LogP contribution >= 0.6 is 12.4 Å². The summed E-state index contributed by atoms with van der Waals surface area (Å²) in [6, 6.07) is 0. The number of carbonyl (C=O) groups is 1. The Bertz CT molecular complexity index is 320. The molecule has 5 nitrogen and oxygen atoms in total. The van der Waals surface area contributed by atoms with E-state index < -0.39 is 5.60 Å². The van der Waals surface area contributed by atoms with E-state index >= 15 is 0 Å². The minimum absolute atomic E-state index is 0. The molecule has 1 amide bonds. The fraction of sp³-hybridized carbons (Fsp3) is 0.923. The van der Waals surface area contributed by atoms with Gasteiger partial charge in [0.2, 0.25) is 0 Å². The van der Waals surface area contributed by atoms with Crippen LogP contribution in [0.2, 0.25) is 0 Å². The van der Waals surface area contributed by atoms with Crippen molar-refractivity contribution in [3.05, 3.63) is 0 Å². The van der Waals surface area contributed by atoms with Crippen LogP contribution in [-0.2, 0) is 9.47 Å². The van der Waals surface area contributed by atoms with Crippen molar-refractivity contribution in [3.8, 4) is 0 Å². The maximum absolute atomic E-state index is 12.0. The van der Waals surface area contributed by atoms with E-state index in [0.717, 1.165) is 19.4 Å². The topological polar surface area (TPSA) is 64.8 Å². The van der Waals surface area contributed by atoms with Crippen molar-refractivity contribution < 1.29 is 14.3 Å². The van der Waals surface area contributed by atoms with Crippen LogP contribution in [0, 0.1) is 5.92 Å². The van der Waals surface area contributed by atoms with E-state index in [2.05, 4.69) is 0 Å². The molecule has 0 aliphatic carbocycles. The van der Waals surface area contributed by atoms with E-state index in [4.69, 9.17) is 15.2 Å². The molecule has 2 N–H and O–H groups in total. The molecule has 2 saturated heterocycles. The lowest BCUT2D eigenvalue weighted by Crippen LogP contribution is -2.38. The minimum atomic E-state index is -0.439. The van der Waals surface area contributed by atoms with E-state index in [0.29, 0.717) is 19.0 Å². The molecule has 112 valence electrons. The molecular formula is C13H25ClN2O3. The van der Waals surface area contributed by atoms with Gasteiger partial charge in [0.25, 0.3) is 0 Å². The summed E-state index contributed by atoms with van der Waals surface area (Å²) >= 11 is 0. The van der Waals surface area contributed by atoms with Gasteiger partial charge in [0.1, 0.15) is 5.60 Å². The van der Waals surface area contributed by atoms with E-state index in [1.165, 1.54) is 0 Å². The molecule has 2 rings (SSSR count). The first-order valence-electron chi connectivity index (χ1n) is 6.72. The molecule has 0 unspecified atom stereocenters. The molecule has 0 spiro atoms. The number of halogens is 1. The van der Waals surface area contributed by atoms with Crippen molar-refractivity contribution in [2.45, 2.75) is 51.4 Å². The largest absolute Gasteiger partial charge is 0.444 e. The van der Waals surface area contributed by atoms with Crippen LogP contribution in [0.4, 0.5) is 4.79 Å². The van der Waals surface area contributed by atoms with Crippen molar-refractivity contribution in [1.29, 1.82) is 0 Å². The average molecular weight is 293 g/mol. The summed E-state index contributed by atoms with van der Waals surface area (Å²) < 4.78 is 11.3. The molecule has 3 atom stereocenters. The second-order valence-corrected chi connectivity index (χ2v) is 6.26. The fourth-order valence-electron chi connectivity index (χ4n) is 2.64. The first kappa shape index (κ1) is 16.5. The monoisotopic (exact) mass is 292 g/mol. The van der Waals surface area contributed by atoms with Crippen LogP contribution < -0.4 is 5.73 Å². The van der Waals surface area contributed by atoms with Gasteiger partial charge in [0.15, 0.2) is 0 Å². The second kappa shape index (κ2) is 6.29. The van der Waals surface area contributed by atoms with Crippen molar-refractivity contribution in [2.75, 3.05) is 19.6 Å². The fourth-order valence-corrected chi connectivity index (χ4v) is 2.64. The van der Waals surface area contributed by atoms with Crippen LogP contribution in [0.25, 0.3) is 0 Å². The van der Waals surface area contributed by atoms with Crippen LogP contribution in [0.5, 0.6) is 0 Å². The van der Waals surface area contributed by atoms with Gasteiger partial charge in [-0.05, 0) is 33.6 Å². The SMILES string of the molecule is CC(C)(C)OC(=O)N1C[C@@H]2CC[C@@H](CN)O[C@H]2C1.Cl. The highest BCUT2D eigenvalue weighted by Crippen LogP contribution is 2.31. The maximum atomic E-state index is 12.0. The third-order valence-electron chi connectivity index (χ3n) is 3.52. The van der Waals surface area contributed by atoms with E-state index in [9.17, 15) is 4.79 Å². The number of amides is 1. The van der Waals surface area contributed by atoms with Crippen LogP contribution in [0.1, 0.15) is 33.6 Å². The number of ether oxygens (including phenoxy) is 2. The standard InChI is InChI=1S/C13H24N2O3.ClH/c1-13(2,3)18-12(16)15-7-9-4-5-10(6-14)17-11(9)8-15;/h9-11H,4-8,14H2,1-3H3;1H/t9-,10-,11-;/m0./s1. The number of nitrogens with zero attached hydrogens (tertiary/aromatic N) is 1. The van der Waals surface area contributed by atoms with Gasteiger partial charge in [-0.1, -0.05) is 0 Å². The zero-order valence-electron chi connectivity index (χ0n) is 11.9. The normalized spacial score (nSPS) is 30.5. The molecule has 0 radical (unpaired) electrons. The molecule has 2 fully saturated rings. The first-order valence-corrected chi connectivity index (χ1v) is 6.72. The van der Waals surface area contributed by atoms with E-state index in [-0.39, 0.29) is 30.7 Å². The Morgan fingerprint density at radius 1 is 1.37 bits per heavy atom. The summed E-state index contributed by atoms with van der Waals surface area (Å²) in [6.07, 6.45) is 2.15. The Morgan fingerprint density at radius 3 is 2.63 bits per heavy atom. The van der Waals surface area contributed by atoms with Crippen molar-refractivity contribution >= 4 is 18.5 Å². The molecule has 0 aromatic rings. The number of rotatable bonds is 1. The number of hydrogen-bond donors (Lipinski definition) is 1. The predicted molar refractivity (Wildman–Crippen MR) is 75.5 cm³/mol. The molecular weight excluding hydrogens is 268 g/mol. The molecule has 0 aromatic heterocycles. The Kier molecular flexibility index (Phi) is 5.47. The quantitative estimate of drug-likeness (QED) is 0.800. The highest BCUT2D eigenvalue weighted by atomic mass is 35.5. The highest BCUT2D eigenvalue weighted by molar-refractivity contribution is 5.85. The van der Waals surface area contributed by atoms with Gasteiger partial charge in [-0.15, -0.1) is 12.4 Å². The number of carbonyl (C=O) groups excluding carboxylic acids is 1. The minimum Gasteiger partial charge on any atom is -0.444 e. The Hall–Kier alpha value is -0.520. The molecule has 2 aliphatic rings. The molecule has 2 aliphatic heterocycles. The lowest BCUT2D eigenvalue weighted by atomic mass is 9.94. The molecule has 19 heavy (non-hydrogen) atoms. The molecule has 6 heteroatoms. The van der Waals surface area contributed by atoms with Crippen LogP contribution in [-0.4, -0.2) is 48.4 Å². The number of nitrogens with two attached hydrogens (primary N) is 1. The van der Waals surface area contributed by atoms with Gasteiger partial charge in [0.05, 0.1) is 18.8 Å². The number of likely N-dealkylation sites (tertiary alicyclic amines) is 1. The average Bonchev–Trinajstić information content (AvgIpc) is 2.69. The first-order chi connectivity index (χ1) is 8.39. The van der Waals surface area contributed by atoms with Crippen LogP contribution in [0.15, 0.2) is 0 Å². The smallest absolute Gasteiger partial charge is 0.410 e. The third-order valence-corrected chi connectivity index (χ3v) is 3.52.